The molecule has 0 spiro atoms. The number of rotatable bonds is 7. The molecule has 0 unspecified atom stereocenters. The summed E-state index contributed by atoms with van der Waals surface area (Å²) >= 11 is 0. The maximum atomic E-state index is 11.5. The molecule has 0 aliphatic carbocycles. The van der Waals surface area contributed by atoms with Crippen LogP contribution in [0.2, 0.25) is 0 Å². The highest BCUT2D eigenvalue weighted by molar-refractivity contribution is 5.77. The van der Waals surface area contributed by atoms with Crippen molar-refractivity contribution in [2.24, 2.45) is 0 Å². The summed E-state index contributed by atoms with van der Waals surface area (Å²) in [6.45, 7) is 7.55. The van der Waals surface area contributed by atoms with E-state index < -0.39 is 0 Å². The molecule has 1 amide bonds. The van der Waals surface area contributed by atoms with E-state index >= 15 is 0 Å². The molecule has 0 aliphatic heterocycles. The highest BCUT2D eigenvalue weighted by Gasteiger charge is 2.10. The van der Waals surface area contributed by atoms with Crippen LogP contribution in [0.25, 0.3) is 0 Å². The predicted molar refractivity (Wildman–Crippen MR) is 58.4 cm³/mol. The lowest BCUT2D eigenvalue weighted by Gasteiger charge is -2.18. The highest BCUT2D eigenvalue weighted by Crippen LogP contribution is 2.02. The molecule has 0 fully saturated rings. The van der Waals surface area contributed by atoms with Crippen molar-refractivity contribution < 1.29 is 14.3 Å². The van der Waals surface area contributed by atoms with Crippen LogP contribution in [0.15, 0.2) is 0 Å². The van der Waals surface area contributed by atoms with Crippen molar-refractivity contribution in [3.63, 3.8) is 0 Å². The lowest BCUT2D eigenvalue weighted by Crippen LogP contribution is -2.30. The van der Waals surface area contributed by atoms with Crippen molar-refractivity contribution in [3.8, 4) is 0 Å². The topological polar surface area (TPSA) is 46.6 Å². The fraction of sp³-hybridized carbons (Fsp3) is 0.818. The monoisotopic (exact) mass is 215 g/mol. The van der Waals surface area contributed by atoms with Gasteiger partial charge in [0, 0.05) is 25.9 Å². The third-order valence-corrected chi connectivity index (χ3v) is 2.19. The molecule has 88 valence electrons. The predicted octanol–water partition coefficient (Wildman–Crippen LogP) is 1.59. The zero-order valence-corrected chi connectivity index (χ0v) is 9.91. The van der Waals surface area contributed by atoms with E-state index in [0.717, 1.165) is 13.1 Å². The van der Waals surface area contributed by atoms with Gasteiger partial charge in [-0.2, -0.15) is 0 Å². The first-order valence-electron chi connectivity index (χ1n) is 5.59. The quantitative estimate of drug-likeness (QED) is 0.606. The third kappa shape index (κ3) is 6.10. The van der Waals surface area contributed by atoms with Gasteiger partial charge in [-0.1, -0.05) is 0 Å². The molecule has 0 rings (SSSR count). The van der Waals surface area contributed by atoms with Crippen LogP contribution in [-0.2, 0) is 14.3 Å². The summed E-state index contributed by atoms with van der Waals surface area (Å²) in [4.78, 5) is 24.3. The van der Waals surface area contributed by atoms with Crippen molar-refractivity contribution in [3.05, 3.63) is 0 Å². The first kappa shape index (κ1) is 13.9. The van der Waals surface area contributed by atoms with Gasteiger partial charge in [-0.25, -0.2) is 0 Å². The van der Waals surface area contributed by atoms with Crippen LogP contribution in [0.4, 0.5) is 0 Å². The van der Waals surface area contributed by atoms with Crippen molar-refractivity contribution >= 4 is 11.9 Å². The first-order chi connectivity index (χ1) is 7.15. The van der Waals surface area contributed by atoms with Gasteiger partial charge in [0.15, 0.2) is 0 Å². The molecule has 0 aromatic carbocycles. The summed E-state index contributed by atoms with van der Waals surface area (Å²) in [5, 5.41) is 0. The van der Waals surface area contributed by atoms with E-state index in [9.17, 15) is 9.59 Å². The van der Waals surface area contributed by atoms with Gasteiger partial charge < -0.3 is 9.64 Å². The van der Waals surface area contributed by atoms with E-state index in [4.69, 9.17) is 4.74 Å². The molecule has 0 atom stereocenters. The molecule has 4 heteroatoms. The van der Waals surface area contributed by atoms with Crippen molar-refractivity contribution in [2.45, 2.75) is 40.0 Å². The average Bonchev–Trinajstić information content (AvgIpc) is 2.20. The molecule has 0 aromatic rings. The number of hydrogen-bond donors (Lipinski definition) is 0. The fourth-order valence-electron chi connectivity index (χ4n) is 1.35. The highest BCUT2D eigenvalue weighted by atomic mass is 16.5. The van der Waals surface area contributed by atoms with Crippen LogP contribution in [0.1, 0.15) is 40.0 Å². The van der Waals surface area contributed by atoms with Crippen LogP contribution in [0.5, 0.6) is 0 Å². The first-order valence-corrected chi connectivity index (χ1v) is 5.59. The molecule has 0 aromatic heterocycles. The zero-order valence-electron chi connectivity index (χ0n) is 9.91. The smallest absolute Gasteiger partial charge is 0.305 e. The summed E-state index contributed by atoms with van der Waals surface area (Å²) in [7, 11) is 0. The number of esters is 1. The van der Waals surface area contributed by atoms with Crippen LogP contribution in [-0.4, -0.2) is 36.5 Å². The maximum absolute atomic E-state index is 11.5. The third-order valence-electron chi connectivity index (χ3n) is 2.19. The van der Waals surface area contributed by atoms with Crippen LogP contribution in [0, 0.1) is 0 Å². The van der Waals surface area contributed by atoms with Gasteiger partial charge in [0.05, 0.1) is 6.61 Å². The van der Waals surface area contributed by atoms with E-state index in [1.54, 1.807) is 11.8 Å². The van der Waals surface area contributed by atoms with Gasteiger partial charge in [0.25, 0.3) is 0 Å². The van der Waals surface area contributed by atoms with Gasteiger partial charge >= 0.3 is 5.97 Å². The Morgan fingerprint density at radius 3 is 2.13 bits per heavy atom. The molecule has 0 bridgehead atoms. The van der Waals surface area contributed by atoms with Gasteiger partial charge in [-0.3, -0.25) is 9.59 Å². The number of amides is 1. The molecular weight excluding hydrogens is 194 g/mol. The Morgan fingerprint density at radius 1 is 1.07 bits per heavy atom. The van der Waals surface area contributed by atoms with E-state index in [1.165, 1.54) is 0 Å². The van der Waals surface area contributed by atoms with Crippen LogP contribution >= 0.6 is 0 Å². The summed E-state index contributed by atoms with van der Waals surface area (Å²) in [5.74, 6) is -0.103. The Morgan fingerprint density at radius 2 is 1.67 bits per heavy atom. The number of carbonyl (C=O) groups excluding carboxylic acids is 2. The van der Waals surface area contributed by atoms with E-state index in [0.29, 0.717) is 25.9 Å². The largest absolute Gasteiger partial charge is 0.466 e. The average molecular weight is 215 g/mol. The lowest BCUT2D eigenvalue weighted by atomic mass is 10.2. The van der Waals surface area contributed by atoms with Crippen LogP contribution < -0.4 is 0 Å². The number of ether oxygens (including phenoxy) is 1. The SMILES string of the molecule is CCOC(=O)CCCC(=O)N(CC)CC. The number of hydrogen-bond acceptors (Lipinski definition) is 3. The Hall–Kier alpha value is -1.06. The molecule has 4 nitrogen and oxygen atoms in total. The Balaban J connectivity index is 3.67. The molecule has 0 aliphatic rings. The summed E-state index contributed by atoms with van der Waals surface area (Å²) in [5.41, 5.74) is 0. The minimum Gasteiger partial charge on any atom is -0.466 e. The molecular formula is C11H21NO3. The summed E-state index contributed by atoms with van der Waals surface area (Å²) in [6, 6.07) is 0. The second-order valence-electron chi connectivity index (χ2n) is 3.22. The second kappa shape index (κ2) is 8.26. The van der Waals surface area contributed by atoms with E-state index in [-0.39, 0.29) is 11.9 Å². The Bertz CT molecular complexity index is 200. The standard InChI is InChI=1S/C11H21NO3/c1-4-12(5-2)10(13)8-7-9-11(14)15-6-3/h4-9H2,1-3H3. The van der Waals surface area contributed by atoms with Crippen molar-refractivity contribution in [1.29, 1.82) is 0 Å². The Kier molecular flexibility index (Phi) is 7.68. The van der Waals surface area contributed by atoms with E-state index in [2.05, 4.69) is 0 Å². The lowest BCUT2D eigenvalue weighted by molar-refractivity contribution is -0.143. The van der Waals surface area contributed by atoms with Gasteiger partial charge in [-0.15, -0.1) is 0 Å². The van der Waals surface area contributed by atoms with Crippen LogP contribution in [0.3, 0.4) is 0 Å². The normalized spacial score (nSPS) is 9.80. The van der Waals surface area contributed by atoms with Gasteiger partial charge in [0.1, 0.15) is 0 Å². The molecule has 0 saturated carbocycles. The zero-order chi connectivity index (χ0) is 11.7. The van der Waals surface area contributed by atoms with Gasteiger partial charge in [-0.05, 0) is 27.2 Å². The second-order valence-corrected chi connectivity index (χ2v) is 3.22. The summed E-state index contributed by atoms with van der Waals surface area (Å²) < 4.78 is 4.77. The molecule has 0 N–H and O–H groups in total. The minimum atomic E-state index is -0.218. The van der Waals surface area contributed by atoms with Crippen molar-refractivity contribution in [1.82, 2.24) is 4.90 Å². The fourth-order valence-corrected chi connectivity index (χ4v) is 1.35. The molecule has 0 radical (unpaired) electrons. The van der Waals surface area contributed by atoms with E-state index in [1.807, 2.05) is 13.8 Å². The van der Waals surface area contributed by atoms with Crippen molar-refractivity contribution in [2.75, 3.05) is 19.7 Å². The maximum Gasteiger partial charge on any atom is 0.305 e. The number of nitrogens with zero attached hydrogens (tertiary/aromatic N) is 1. The molecule has 0 heterocycles. The molecule has 0 saturated heterocycles. The minimum absolute atomic E-state index is 0.115. The Labute approximate surface area is 91.6 Å². The molecule has 15 heavy (non-hydrogen) atoms. The number of carbonyl (C=O) groups is 2. The summed E-state index contributed by atoms with van der Waals surface area (Å²) in [6.07, 6.45) is 1.34. The van der Waals surface area contributed by atoms with Gasteiger partial charge in [0.2, 0.25) is 5.91 Å².